The van der Waals surface area contributed by atoms with Crippen molar-refractivity contribution in [3.05, 3.63) is 167 Å². The number of nitrogens with zero attached hydrogens (tertiary/aromatic N) is 3. The Kier molecular flexibility index (Phi) is 6.38. The second kappa shape index (κ2) is 15.1. The number of aryl methyl sites for hydroxylation is 2. The average molecular weight is 804 g/mol. The summed E-state index contributed by atoms with van der Waals surface area (Å²) >= 11 is 0. The molecule has 1 N–H and O–H groups in total. The van der Waals surface area contributed by atoms with Crippen molar-refractivity contribution >= 4 is 11.0 Å². The summed E-state index contributed by atoms with van der Waals surface area (Å²) < 4.78 is 140. The molecule has 0 bridgehead atoms. The Morgan fingerprint density at radius 1 is 0.600 bits per heavy atom. The van der Waals surface area contributed by atoms with E-state index < -0.39 is 90.5 Å². The van der Waals surface area contributed by atoms with Crippen LogP contribution in [0.5, 0.6) is 5.75 Å². The molecule has 0 saturated carbocycles. The lowest BCUT2D eigenvalue weighted by Gasteiger charge is -2.25. The number of benzene rings is 6. The maximum absolute atomic E-state index is 11.8. The van der Waals surface area contributed by atoms with E-state index in [-0.39, 0.29) is 22.4 Å². The van der Waals surface area contributed by atoms with Crippen molar-refractivity contribution in [1.29, 1.82) is 0 Å². The van der Waals surface area contributed by atoms with E-state index in [1.165, 1.54) is 0 Å². The number of fused-ring (bicyclic) bond motifs is 1. The van der Waals surface area contributed by atoms with Crippen LogP contribution in [0.4, 0.5) is 0 Å². The number of hydrogen-bond donors (Lipinski definition) is 1. The van der Waals surface area contributed by atoms with Crippen LogP contribution in [-0.4, -0.2) is 19.6 Å². The number of para-hydroxylation sites is 1. The third-order valence-corrected chi connectivity index (χ3v) is 10.8. The maximum Gasteiger partial charge on any atom is 0.149 e. The summed E-state index contributed by atoms with van der Waals surface area (Å²) in [5, 5.41) is 11.8. The molecule has 4 heteroatoms. The van der Waals surface area contributed by atoms with Crippen LogP contribution in [-0.2, 0) is 16.2 Å². The highest BCUT2D eigenvalue weighted by Crippen LogP contribution is 2.43. The Balaban J connectivity index is 1.41. The van der Waals surface area contributed by atoms with Gasteiger partial charge in [0.25, 0.3) is 0 Å². The summed E-state index contributed by atoms with van der Waals surface area (Å²) in [7, 11) is 0. The maximum atomic E-state index is 11.8. The van der Waals surface area contributed by atoms with Gasteiger partial charge in [-0.1, -0.05) is 147 Å². The lowest BCUT2D eigenvalue weighted by atomic mass is 9.81. The molecule has 0 unspecified atom stereocenters. The van der Waals surface area contributed by atoms with Crippen LogP contribution in [0, 0.1) is 13.8 Å². The highest BCUT2D eigenvalue weighted by atomic mass is 16.3. The van der Waals surface area contributed by atoms with Crippen LogP contribution in [0.2, 0.25) is 0 Å². The van der Waals surface area contributed by atoms with Crippen LogP contribution in [0.15, 0.2) is 139 Å². The van der Waals surface area contributed by atoms with E-state index in [0.29, 0.717) is 39.1 Å². The fourth-order valence-corrected chi connectivity index (χ4v) is 7.62. The molecular weight excluding hydrogens is 731 g/mol. The second-order valence-corrected chi connectivity index (χ2v) is 17.5. The number of phenols is 1. The molecule has 8 rings (SSSR count). The van der Waals surface area contributed by atoms with Crippen molar-refractivity contribution in [2.75, 3.05) is 0 Å². The van der Waals surface area contributed by atoms with E-state index in [1.54, 1.807) is 12.1 Å². The van der Waals surface area contributed by atoms with E-state index in [9.17, 15) is 6.48 Å². The molecule has 4 nitrogen and oxygen atoms in total. The average Bonchev–Trinajstić information content (AvgIpc) is 3.77. The zero-order valence-electron chi connectivity index (χ0n) is 51.0. The van der Waals surface area contributed by atoms with Crippen LogP contribution in [0.1, 0.15) is 112 Å². The van der Waals surface area contributed by atoms with Gasteiger partial charge in [-0.15, -0.1) is 0 Å². The summed E-state index contributed by atoms with van der Waals surface area (Å²) in [4.78, 5) is 9.75. The topological polar surface area (TPSA) is 50.9 Å². The molecule has 2 heterocycles. The van der Waals surface area contributed by atoms with Gasteiger partial charge in [-0.2, -0.15) is 0 Å². The molecule has 0 amide bonds. The summed E-state index contributed by atoms with van der Waals surface area (Å²) in [6.45, 7) is 4.44. The number of aromatic nitrogens is 3. The largest absolute Gasteiger partial charge is 0.507 e. The van der Waals surface area contributed by atoms with Gasteiger partial charge in [0.1, 0.15) is 11.6 Å². The second-order valence-electron chi connectivity index (χ2n) is 17.5. The molecule has 0 spiro atoms. The molecule has 0 aliphatic heterocycles. The molecule has 0 aliphatic carbocycles. The van der Waals surface area contributed by atoms with Crippen LogP contribution in [0.3, 0.4) is 0 Å². The molecule has 0 saturated heterocycles. The summed E-state index contributed by atoms with van der Waals surface area (Å²) in [5.41, 5.74) is 1.84. The first-order valence-electron chi connectivity index (χ1n) is 27.8. The van der Waals surface area contributed by atoms with Gasteiger partial charge in [0.15, 0.2) is 0 Å². The van der Waals surface area contributed by atoms with E-state index in [0.717, 1.165) is 33.5 Å². The van der Waals surface area contributed by atoms with Gasteiger partial charge in [0.05, 0.1) is 31.9 Å². The van der Waals surface area contributed by atoms with Crippen molar-refractivity contribution in [2.45, 2.75) is 92.2 Å². The number of pyridine rings is 1. The number of rotatable bonds is 6. The molecule has 60 heavy (non-hydrogen) atoms. The van der Waals surface area contributed by atoms with Crippen LogP contribution >= 0.6 is 0 Å². The first-order chi connectivity index (χ1) is 35.0. The van der Waals surface area contributed by atoms with Gasteiger partial charge in [-0.05, 0) is 134 Å². The van der Waals surface area contributed by atoms with Gasteiger partial charge in [0.2, 0.25) is 0 Å². The van der Waals surface area contributed by atoms with Crippen molar-refractivity contribution < 1.29 is 27.0 Å². The highest BCUT2D eigenvalue weighted by Gasteiger charge is 2.25. The van der Waals surface area contributed by atoms with Gasteiger partial charge >= 0.3 is 0 Å². The monoisotopic (exact) mass is 804 g/mol. The first kappa shape index (κ1) is 25.4. The lowest BCUT2D eigenvalue weighted by Crippen LogP contribution is -2.14. The fourth-order valence-electron chi connectivity index (χ4n) is 7.62. The Morgan fingerprint density at radius 2 is 1.33 bits per heavy atom. The molecular formula is C56H57N3O. The zero-order chi connectivity index (χ0) is 56.3. The van der Waals surface area contributed by atoms with Gasteiger partial charge in [-0.25, -0.2) is 4.98 Å². The standard InChI is InChI=1S/C56H57N3O/c1-35-28-36(2)52(60)47(29-35)53-58-51-46(18-15-19-50(51)59(53)44-24-25-45(38-16-13-12-14-17-38)48(34-44)56(9,10)11)40-30-41(32-43(31-40)55(6,7)8)49-33-39(26-27-57-49)37-20-22-42(23-21-37)54(3,4)5/h12-34,60H,1-11H3/i3D3,4D3,5D3,20D,21D,22D,23D,26D,27D,33D. The minimum atomic E-state index is -3.92. The summed E-state index contributed by atoms with van der Waals surface area (Å²) in [5.74, 6) is 0.532. The molecule has 302 valence electrons. The fraction of sp³-hybridized carbons (Fsp3) is 0.250. The van der Waals surface area contributed by atoms with Crippen molar-refractivity contribution in [1.82, 2.24) is 14.5 Å². The Bertz CT molecular complexity index is 3570. The minimum absolute atomic E-state index is 0.0640. The Labute approximate surface area is 379 Å². The highest BCUT2D eigenvalue weighted by molar-refractivity contribution is 5.97. The normalized spacial score (nSPS) is 16.8. The molecule has 0 radical (unpaired) electrons. The van der Waals surface area contributed by atoms with E-state index in [4.69, 9.17) is 25.5 Å². The third kappa shape index (κ3) is 7.79. The van der Waals surface area contributed by atoms with Crippen LogP contribution in [0.25, 0.3) is 72.7 Å². The lowest BCUT2D eigenvalue weighted by molar-refractivity contribution is 0.472. The first-order valence-corrected chi connectivity index (χ1v) is 19.8. The number of aromatic hydroxyl groups is 1. The predicted octanol–water partition coefficient (Wildman–Crippen LogP) is 15.0. The van der Waals surface area contributed by atoms with Gasteiger partial charge in [0, 0.05) is 35.3 Å². The molecule has 2 aromatic heterocycles. The quantitative estimate of drug-likeness (QED) is 0.182. The van der Waals surface area contributed by atoms with Gasteiger partial charge < -0.3 is 5.11 Å². The van der Waals surface area contributed by atoms with E-state index in [2.05, 4.69) is 50.0 Å². The molecule has 0 fully saturated rings. The Morgan fingerprint density at radius 3 is 2.03 bits per heavy atom. The predicted molar refractivity (Wildman–Crippen MR) is 253 cm³/mol. The molecule has 0 aliphatic rings. The van der Waals surface area contributed by atoms with E-state index >= 15 is 0 Å². The minimum Gasteiger partial charge on any atom is -0.507 e. The Hall–Kier alpha value is -6.26. The van der Waals surface area contributed by atoms with Gasteiger partial charge in [-0.3, -0.25) is 9.55 Å². The van der Waals surface area contributed by atoms with Crippen LogP contribution < -0.4 is 0 Å². The summed E-state index contributed by atoms with van der Waals surface area (Å²) in [6.07, 6.45) is -0.724. The SMILES string of the molecule is [2H]c1nc(-c2cc(-c3cccc4c3nc(-c3cc(C)cc(C)c3O)n4-c3ccc(-c4ccccc4)c(C(C)(C)C)c3)cc(C(C)(C)C)c2)c([2H])c(-c2c([2H])c([2H])c(C(C([2H])([2H])[2H])(C([2H])([2H])[2H])C([2H])([2H])[2H])c([2H])c2[2H])c1[2H]. The number of imidazole rings is 1. The van der Waals surface area contributed by atoms with Crippen molar-refractivity contribution in [3.8, 4) is 67.5 Å². The van der Waals surface area contributed by atoms with E-state index in [1.807, 2.05) is 99.8 Å². The molecule has 8 aromatic rings. The number of phenolic OH excluding ortho intramolecular Hbond substituents is 1. The summed E-state index contributed by atoms with van der Waals surface area (Å²) in [6, 6.07) is 25.2. The number of hydrogen-bond acceptors (Lipinski definition) is 3. The third-order valence-electron chi connectivity index (χ3n) is 10.8. The zero-order valence-corrected chi connectivity index (χ0v) is 35.0. The smallest absolute Gasteiger partial charge is 0.149 e. The molecule has 6 aromatic carbocycles. The van der Waals surface area contributed by atoms with Crippen molar-refractivity contribution in [3.63, 3.8) is 0 Å². The molecule has 0 atom stereocenters. The van der Waals surface area contributed by atoms with Crippen molar-refractivity contribution in [2.24, 2.45) is 0 Å².